The zero-order chi connectivity index (χ0) is 12.0. The van der Waals surface area contributed by atoms with Crippen LogP contribution in [0.1, 0.15) is 20.3 Å². The van der Waals surface area contributed by atoms with Crippen molar-refractivity contribution in [3.8, 4) is 0 Å². The highest BCUT2D eigenvalue weighted by molar-refractivity contribution is 7.92. The van der Waals surface area contributed by atoms with Crippen molar-refractivity contribution in [2.24, 2.45) is 0 Å². The summed E-state index contributed by atoms with van der Waals surface area (Å²) in [5.41, 5.74) is 0. The van der Waals surface area contributed by atoms with Crippen LogP contribution < -0.4 is 10.0 Å². The minimum atomic E-state index is -3.31. The SMILES string of the molecule is CC(C)NCCCS(=O)(=O)Nc1ccon1. The van der Waals surface area contributed by atoms with Crippen LogP contribution in [0.15, 0.2) is 16.9 Å². The molecule has 2 N–H and O–H groups in total. The normalized spacial score (nSPS) is 11.9. The van der Waals surface area contributed by atoms with E-state index in [1.807, 2.05) is 13.8 Å². The lowest BCUT2D eigenvalue weighted by Gasteiger charge is -2.08. The van der Waals surface area contributed by atoms with Gasteiger partial charge in [-0.2, -0.15) is 0 Å². The van der Waals surface area contributed by atoms with Gasteiger partial charge in [0.15, 0.2) is 5.82 Å². The van der Waals surface area contributed by atoms with Crippen molar-refractivity contribution in [3.63, 3.8) is 0 Å². The summed E-state index contributed by atoms with van der Waals surface area (Å²) in [5, 5.41) is 6.63. The Kier molecular flexibility index (Phi) is 4.75. The Bertz CT molecular complexity index is 386. The van der Waals surface area contributed by atoms with Crippen molar-refractivity contribution in [1.82, 2.24) is 10.5 Å². The third-order valence-corrected chi connectivity index (χ3v) is 3.19. The van der Waals surface area contributed by atoms with Crippen molar-refractivity contribution in [2.45, 2.75) is 26.3 Å². The summed E-state index contributed by atoms with van der Waals surface area (Å²) in [6.45, 7) is 4.71. The smallest absolute Gasteiger partial charge is 0.234 e. The van der Waals surface area contributed by atoms with Crippen LogP contribution in [-0.2, 0) is 10.0 Å². The topological polar surface area (TPSA) is 84.2 Å². The largest absolute Gasteiger partial charge is 0.363 e. The fourth-order valence-electron chi connectivity index (χ4n) is 1.13. The van der Waals surface area contributed by atoms with E-state index in [0.29, 0.717) is 19.0 Å². The minimum absolute atomic E-state index is 0.0690. The number of rotatable bonds is 7. The second kappa shape index (κ2) is 5.86. The van der Waals surface area contributed by atoms with Gasteiger partial charge in [0.25, 0.3) is 0 Å². The zero-order valence-electron chi connectivity index (χ0n) is 9.43. The van der Waals surface area contributed by atoms with Gasteiger partial charge >= 0.3 is 0 Å². The summed E-state index contributed by atoms with van der Waals surface area (Å²) in [6, 6.07) is 1.83. The number of nitrogens with zero attached hydrogens (tertiary/aromatic N) is 1. The lowest BCUT2D eigenvalue weighted by Crippen LogP contribution is -2.26. The van der Waals surface area contributed by atoms with Crippen LogP contribution in [0.25, 0.3) is 0 Å². The van der Waals surface area contributed by atoms with Gasteiger partial charge in [-0.05, 0) is 13.0 Å². The molecule has 6 nitrogen and oxygen atoms in total. The lowest BCUT2D eigenvalue weighted by molar-refractivity contribution is 0.423. The van der Waals surface area contributed by atoms with Gasteiger partial charge in [-0.1, -0.05) is 19.0 Å². The maximum Gasteiger partial charge on any atom is 0.234 e. The highest BCUT2D eigenvalue weighted by Crippen LogP contribution is 2.05. The van der Waals surface area contributed by atoms with Crippen LogP contribution in [0.5, 0.6) is 0 Å². The molecule has 92 valence electrons. The second-order valence-corrected chi connectivity index (χ2v) is 5.61. The van der Waals surface area contributed by atoms with E-state index in [1.54, 1.807) is 0 Å². The van der Waals surface area contributed by atoms with Gasteiger partial charge in [0.1, 0.15) is 6.26 Å². The zero-order valence-corrected chi connectivity index (χ0v) is 10.3. The van der Waals surface area contributed by atoms with Crippen molar-refractivity contribution in [3.05, 3.63) is 12.3 Å². The molecule has 0 aromatic carbocycles. The number of anilines is 1. The first-order chi connectivity index (χ1) is 7.49. The molecule has 1 heterocycles. The maximum atomic E-state index is 11.5. The van der Waals surface area contributed by atoms with E-state index in [4.69, 9.17) is 0 Å². The molecular formula is C9H17N3O3S. The summed E-state index contributed by atoms with van der Waals surface area (Å²) in [7, 11) is -3.31. The van der Waals surface area contributed by atoms with E-state index in [1.165, 1.54) is 12.3 Å². The molecule has 0 atom stereocenters. The van der Waals surface area contributed by atoms with Crippen LogP contribution in [0.3, 0.4) is 0 Å². The molecule has 0 fully saturated rings. The van der Waals surface area contributed by atoms with Gasteiger partial charge in [0.2, 0.25) is 10.0 Å². The Morgan fingerprint density at radius 3 is 2.81 bits per heavy atom. The van der Waals surface area contributed by atoms with E-state index in [2.05, 4.69) is 19.7 Å². The van der Waals surface area contributed by atoms with Crippen molar-refractivity contribution >= 4 is 15.8 Å². The molecule has 0 amide bonds. The molecule has 16 heavy (non-hydrogen) atoms. The second-order valence-electron chi connectivity index (χ2n) is 3.77. The van der Waals surface area contributed by atoms with E-state index in [-0.39, 0.29) is 11.6 Å². The third-order valence-electron chi connectivity index (χ3n) is 1.84. The Hall–Kier alpha value is -1.08. The van der Waals surface area contributed by atoms with Crippen molar-refractivity contribution in [2.75, 3.05) is 17.0 Å². The number of aromatic nitrogens is 1. The van der Waals surface area contributed by atoms with Crippen LogP contribution >= 0.6 is 0 Å². The Labute approximate surface area is 95.4 Å². The predicted octanol–water partition coefficient (Wildman–Crippen LogP) is 0.804. The molecule has 0 spiro atoms. The first kappa shape index (κ1) is 13.0. The summed E-state index contributed by atoms with van der Waals surface area (Å²) in [5.74, 6) is 0.288. The van der Waals surface area contributed by atoms with Crippen molar-refractivity contribution in [1.29, 1.82) is 0 Å². The van der Waals surface area contributed by atoms with E-state index < -0.39 is 10.0 Å². The van der Waals surface area contributed by atoms with Crippen LogP contribution in [0.4, 0.5) is 5.82 Å². The lowest BCUT2D eigenvalue weighted by atomic mass is 10.4. The molecule has 0 saturated heterocycles. The fourth-order valence-corrected chi connectivity index (χ4v) is 2.18. The molecule has 0 aliphatic heterocycles. The molecule has 0 unspecified atom stereocenters. The molecule has 0 aliphatic carbocycles. The maximum absolute atomic E-state index is 11.5. The first-order valence-corrected chi connectivity index (χ1v) is 6.79. The standard InChI is InChI=1S/C9H17N3O3S/c1-8(2)10-5-3-7-16(13,14)12-9-4-6-15-11-9/h4,6,8,10H,3,5,7H2,1-2H3,(H,11,12). The monoisotopic (exact) mass is 247 g/mol. The molecule has 0 saturated carbocycles. The van der Waals surface area contributed by atoms with Gasteiger partial charge in [0, 0.05) is 12.1 Å². The van der Waals surface area contributed by atoms with Crippen molar-refractivity contribution < 1.29 is 12.9 Å². The highest BCUT2D eigenvalue weighted by atomic mass is 32.2. The molecule has 0 radical (unpaired) electrons. The van der Waals surface area contributed by atoms with E-state index in [0.717, 1.165) is 0 Å². The van der Waals surface area contributed by atoms with E-state index >= 15 is 0 Å². The predicted molar refractivity (Wildman–Crippen MR) is 61.7 cm³/mol. The van der Waals surface area contributed by atoms with Crippen LogP contribution in [-0.4, -0.2) is 31.9 Å². The number of nitrogens with one attached hydrogen (secondary N) is 2. The Morgan fingerprint density at radius 1 is 1.50 bits per heavy atom. The van der Waals surface area contributed by atoms with Gasteiger partial charge in [-0.15, -0.1) is 0 Å². The summed E-state index contributed by atoms with van der Waals surface area (Å²) >= 11 is 0. The number of hydrogen-bond donors (Lipinski definition) is 2. The number of sulfonamides is 1. The fraction of sp³-hybridized carbons (Fsp3) is 0.667. The van der Waals surface area contributed by atoms with Crippen LogP contribution in [0.2, 0.25) is 0 Å². The molecule has 1 aromatic rings. The van der Waals surface area contributed by atoms with Gasteiger partial charge in [-0.25, -0.2) is 8.42 Å². The minimum Gasteiger partial charge on any atom is -0.363 e. The molecule has 0 bridgehead atoms. The Balaban J connectivity index is 2.30. The molecular weight excluding hydrogens is 230 g/mol. The summed E-state index contributed by atoms with van der Waals surface area (Å²) < 4.78 is 29.9. The molecule has 1 rings (SSSR count). The quantitative estimate of drug-likeness (QED) is 0.696. The van der Waals surface area contributed by atoms with Crippen LogP contribution in [0, 0.1) is 0 Å². The summed E-state index contributed by atoms with van der Waals surface area (Å²) in [6.07, 6.45) is 1.88. The molecule has 1 aromatic heterocycles. The first-order valence-electron chi connectivity index (χ1n) is 5.14. The highest BCUT2D eigenvalue weighted by Gasteiger charge is 2.11. The summed E-state index contributed by atoms with van der Waals surface area (Å²) in [4.78, 5) is 0. The van der Waals surface area contributed by atoms with Gasteiger partial charge < -0.3 is 9.84 Å². The van der Waals surface area contributed by atoms with Gasteiger partial charge in [0.05, 0.1) is 5.75 Å². The number of hydrogen-bond acceptors (Lipinski definition) is 5. The van der Waals surface area contributed by atoms with Gasteiger partial charge in [-0.3, -0.25) is 4.72 Å². The molecule has 7 heteroatoms. The van der Waals surface area contributed by atoms with E-state index in [9.17, 15) is 8.42 Å². The molecule has 0 aliphatic rings. The Morgan fingerprint density at radius 2 is 2.25 bits per heavy atom. The average Bonchev–Trinajstić information content (AvgIpc) is 2.64. The third kappa shape index (κ3) is 5.13. The average molecular weight is 247 g/mol.